The van der Waals surface area contributed by atoms with Gasteiger partial charge in [0.1, 0.15) is 5.82 Å². The van der Waals surface area contributed by atoms with Crippen molar-refractivity contribution in [2.75, 3.05) is 0 Å². The second-order valence-corrected chi connectivity index (χ2v) is 4.95. The number of aryl methyl sites for hydroxylation is 3. The Morgan fingerprint density at radius 1 is 1.39 bits per heavy atom. The molecule has 1 atom stereocenters. The van der Waals surface area contributed by atoms with Crippen LogP contribution in [-0.2, 0) is 19.9 Å². The van der Waals surface area contributed by atoms with E-state index in [0.717, 1.165) is 25.1 Å². The number of nitrogens with two attached hydrogens (primary N) is 1. The number of hydrogen-bond acceptors (Lipinski definition) is 2. The first kappa shape index (κ1) is 12.8. The summed E-state index contributed by atoms with van der Waals surface area (Å²) in [6.45, 7) is 2.12. The molecule has 0 spiro atoms. The fourth-order valence-corrected chi connectivity index (χ4v) is 2.15. The number of benzene rings is 1. The predicted molar refractivity (Wildman–Crippen MR) is 74.4 cm³/mol. The van der Waals surface area contributed by atoms with E-state index in [1.54, 1.807) is 0 Å². The van der Waals surface area contributed by atoms with Gasteiger partial charge in [0.05, 0.1) is 0 Å². The van der Waals surface area contributed by atoms with Gasteiger partial charge in [0.15, 0.2) is 0 Å². The second kappa shape index (κ2) is 5.83. The first-order valence-corrected chi connectivity index (χ1v) is 6.42. The van der Waals surface area contributed by atoms with Gasteiger partial charge in [-0.2, -0.15) is 0 Å². The van der Waals surface area contributed by atoms with Gasteiger partial charge in [-0.1, -0.05) is 29.8 Å². The molecule has 3 heteroatoms. The number of aromatic nitrogens is 2. The Morgan fingerprint density at radius 3 is 2.89 bits per heavy atom. The lowest BCUT2D eigenvalue weighted by Crippen LogP contribution is -2.25. The van der Waals surface area contributed by atoms with Gasteiger partial charge in [0.25, 0.3) is 0 Å². The van der Waals surface area contributed by atoms with Crippen molar-refractivity contribution in [3.63, 3.8) is 0 Å². The number of nitrogens with zero attached hydrogens (tertiary/aromatic N) is 2. The number of rotatable bonds is 5. The van der Waals surface area contributed by atoms with E-state index in [2.05, 4.69) is 36.2 Å². The summed E-state index contributed by atoms with van der Waals surface area (Å²) in [6, 6.07) is 8.80. The summed E-state index contributed by atoms with van der Waals surface area (Å²) in [5, 5.41) is 0. The van der Waals surface area contributed by atoms with Gasteiger partial charge in [0, 0.05) is 31.9 Å². The van der Waals surface area contributed by atoms with Gasteiger partial charge in [-0.3, -0.25) is 0 Å². The van der Waals surface area contributed by atoms with Crippen molar-refractivity contribution in [1.29, 1.82) is 0 Å². The fraction of sp³-hybridized carbons (Fsp3) is 0.400. The Hall–Kier alpha value is -1.61. The molecule has 96 valence electrons. The normalized spacial score (nSPS) is 12.6. The average molecular weight is 243 g/mol. The summed E-state index contributed by atoms with van der Waals surface area (Å²) in [5.41, 5.74) is 8.84. The van der Waals surface area contributed by atoms with Crippen LogP contribution >= 0.6 is 0 Å². The van der Waals surface area contributed by atoms with Crippen molar-refractivity contribution in [3.05, 3.63) is 53.6 Å². The summed E-state index contributed by atoms with van der Waals surface area (Å²) in [7, 11) is 2.01. The van der Waals surface area contributed by atoms with Crippen LogP contribution < -0.4 is 5.73 Å². The topological polar surface area (TPSA) is 43.8 Å². The van der Waals surface area contributed by atoms with Gasteiger partial charge in [0.2, 0.25) is 0 Å². The van der Waals surface area contributed by atoms with Crippen LogP contribution in [0.25, 0.3) is 0 Å². The quantitative estimate of drug-likeness (QED) is 0.875. The van der Waals surface area contributed by atoms with Gasteiger partial charge in [-0.25, -0.2) is 4.98 Å². The Labute approximate surface area is 109 Å². The van der Waals surface area contributed by atoms with Crippen molar-refractivity contribution in [1.82, 2.24) is 9.55 Å². The van der Waals surface area contributed by atoms with E-state index < -0.39 is 0 Å². The SMILES string of the molecule is Cc1cccc(CCC(N)Cc2nccn2C)c1. The third-order valence-corrected chi connectivity index (χ3v) is 3.25. The monoisotopic (exact) mass is 243 g/mol. The lowest BCUT2D eigenvalue weighted by atomic mass is 10.0. The second-order valence-electron chi connectivity index (χ2n) is 4.95. The van der Waals surface area contributed by atoms with E-state index in [1.807, 2.05) is 24.0 Å². The highest BCUT2D eigenvalue weighted by atomic mass is 15.0. The van der Waals surface area contributed by atoms with Gasteiger partial charge < -0.3 is 10.3 Å². The highest BCUT2D eigenvalue weighted by Gasteiger charge is 2.08. The molecule has 0 aliphatic heterocycles. The van der Waals surface area contributed by atoms with Crippen LogP contribution in [0.5, 0.6) is 0 Å². The Morgan fingerprint density at radius 2 is 2.22 bits per heavy atom. The molecule has 18 heavy (non-hydrogen) atoms. The van der Waals surface area contributed by atoms with Crippen LogP contribution in [0.15, 0.2) is 36.7 Å². The smallest absolute Gasteiger partial charge is 0.109 e. The van der Waals surface area contributed by atoms with Crippen LogP contribution in [0.2, 0.25) is 0 Å². The molecule has 0 bridgehead atoms. The molecule has 0 amide bonds. The zero-order chi connectivity index (χ0) is 13.0. The first-order chi connectivity index (χ1) is 8.65. The molecule has 2 aromatic rings. The largest absolute Gasteiger partial charge is 0.338 e. The first-order valence-electron chi connectivity index (χ1n) is 6.42. The molecular formula is C15H21N3. The molecule has 0 aliphatic rings. The third-order valence-electron chi connectivity index (χ3n) is 3.25. The lowest BCUT2D eigenvalue weighted by Gasteiger charge is -2.11. The third kappa shape index (κ3) is 3.44. The van der Waals surface area contributed by atoms with Crippen molar-refractivity contribution >= 4 is 0 Å². The van der Waals surface area contributed by atoms with E-state index in [-0.39, 0.29) is 6.04 Å². The van der Waals surface area contributed by atoms with Crippen molar-refractivity contribution in [2.24, 2.45) is 12.8 Å². The molecule has 1 unspecified atom stereocenters. The molecular weight excluding hydrogens is 222 g/mol. The van der Waals surface area contributed by atoms with Crippen LogP contribution in [0.1, 0.15) is 23.4 Å². The lowest BCUT2D eigenvalue weighted by molar-refractivity contribution is 0.581. The zero-order valence-electron chi connectivity index (χ0n) is 11.1. The predicted octanol–water partition coefficient (Wildman–Crippen LogP) is 2.23. The molecule has 1 aromatic heterocycles. The Bertz CT molecular complexity index is 502. The zero-order valence-corrected chi connectivity index (χ0v) is 11.1. The molecule has 0 radical (unpaired) electrons. The highest BCUT2D eigenvalue weighted by Crippen LogP contribution is 2.09. The van der Waals surface area contributed by atoms with Gasteiger partial charge in [-0.15, -0.1) is 0 Å². The summed E-state index contributed by atoms with van der Waals surface area (Å²) < 4.78 is 2.03. The van der Waals surface area contributed by atoms with E-state index >= 15 is 0 Å². The Kier molecular flexibility index (Phi) is 4.15. The summed E-state index contributed by atoms with van der Waals surface area (Å²) in [6.07, 6.45) is 6.66. The minimum atomic E-state index is 0.173. The maximum absolute atomic E-state index is 6.17. The van der Waals surface area contributed by atoms with Crippen molar-refractivity contribution < 1.29 is 0 Å². The minimum absolute atomic E-state index is 0.173. The number of imidazole rings is 1. The van der Waals surface area contributed by atoms with Crippen LogP contribution in [-0.4, -0.2) is 15.6 Å². The van der Waals surface area contributed by atoms with E-state index in [1.165, 1.54) is 11.1 Å². The minimum Gasteiger partial charge on any atom is -0.338 e. The summed E-state index contributed by atoms with van der Waals surface area (Å²) >= 11 is 0. The molecule has 0 fully saturated rings. The van der Waals surface area contributed by atoms with E-state index in [9.17, 15) is 0 Å². The van der Waals surface area contributed by atoms with E-state index in [4.69, 9.17) is 5.73 Å². The van der Waals surface area contributed by atoms with Crippen LogP contribution in [0.4, 0.5) is 0 Å². The Balaban J connectivity index is 1.85. The van der Waals surface area contributed by atoms with Crippen molar-refractivity contribution in [3.8, 4) is 0 Å². The maximum atomic E-state index is 6.17. The molecule has 3 nitrogen and oxygen atoms in total. The van der Waals surface area contributed by atoms with E-state index in [0.29, 0.717) is 0 Å². The van der Waals surface area contributed by atoms with Crippen molar-refractivity contribution in [2.45, 2.75) is 32.2 Å². The molecule has 2 N–H and O–H groups in total. The summed E-state index contributed by atoms with van der Waals surface area (Å²) in [4.78, 5) is 4.31. The molecule has 0 saturated carbocycles. The number of hydrogen-bond donors (Lipinski definition) is 1. The van der Waals surface area contributed by atoms with Crippen LogP contribution in [0.3, 0.4) is 0 Å². The van der Waals surface area contributed by atoms with Crippen LogP contribution in [0, 0.1) is 6.92 Å². The molecule has 1 aromatic carbocycles. The fourth-order valence-electron chi connectivity index (χ4n) is 2.15. The molecule has 1 heterocycles. The average Bonchev–Trinajstić information content (AvgIpc) is 2.73. The highest BCUT2D eigenvalue weighted by molar-refractivity contribution is 5.22. The molecule has 0 saturated heterocycles. The molecule has 2 rings (SSSR count). The molecule has 0 aliphatic carbocycles. The summed E-state index contributed by atoms with van der Waals surface area (Å²) in [5.74, 6) is 1.06. The van der Waals surface area contributed by atoms with Gasteiger partial charge in [-0.05, 0) is 25.3 Å². The standard InChI is InChI=1S/C15H21N3/c1-12-4-3-5-13(10-12)6-7-14(16)11-15-17-8-9-18(15)2/h3-5,8-10,14H,6-7,11,16H2,1-2H3. The van der Waals surface area contributed by atoms with Gasteiger partial charge >= 0.3 is 0 Å². The maximum Gasteiger partial charge on any atom is 0.109 e.